The number of carbonyl (C=O) groups is 3. The van der Waals surface area contributed by atoms with Crippen molar-refractivity contribution in [1.29, 1.82) is 0 Å². The molecular formula is C23H28Cl2N2O4. The lowest BCUT2D eigenvalue weighted by Gasteiger charge is -2.55. The van der Waals surface area contributed by atoms with E-state index in [1.807, 2.05) is 0 Å². The third-order valence-electron chi connectivity index (χ3n) is 7.10. The van der Waals surface area contributed by atoms with Gasteiger partial charge < -0.3 is 15.0 Å². The van der Waals surface area contributed by atoms with Crippen molar-refractivity contribution in [2.24, 2.45) is 23.2 Å². The first-order valence-corrected chi connectivity index (χ1v) is 11.6. The standard InChI is InChI=1S/C23H28Cl2N2O4/c1-27(12-14-2-3-18(24)19(25)7-14)20(28)13-31-21(29)11-26-22(30)23-8-15-4-16(9-23)6-17(5-15)10-23/h2-3,7,15-17H,4-6,8-13H2,1H3,(H,26,30). The molecule has 31 heavy (non-hydrogen) atoms. The molecule has 5 rings (SSSR count). The number of nitrogens with zero attached hydrogens (tertiary/aromatic N) is 1. The normalized spacial score (nSPS) is 28.3. The van der Waals surface area contributed by atoms with Crippen LogP contribution in [0.2, 0.25) is 10.0 Å². The summed E-state index contributed by atoms with van der Waals surface area (Å²) in [5.41, 5.74) is 0.518. The maximum atomic E-state index is 12.9. The molecule has 2 amide bonds. The number of likely N-dealkylation sites (N-methyl/N-ethyl adjacent to an activating group) is 1. The molecule has 0 radical (unpaired) electrons. The van der Waals surface area contributed by atoms with Crippen molar-refractivity contribution in [1.82, 2.24) is 10.2 Å². The Morgan fingerprint density at radius 3 is 2.26 bits per heavy atom. The van der Waals surface area contributed by atoms with E-state index in [0.29, 0.717) is 34.3 Å². The number of esters is 1. The van der Waals surface area contributed by atoms with Crippen molar-refractivity contribution in [3.63, 3.8) is 0 Å². The number of carbonyl (C=O) groups excluding carboxylic acids is 3. The first kappa shape index (κ1) is 22.4. The van der Waals surface area contributed by atoms with Crippen molar-refractivity contribution in [2.45, 2.75) is 45.1 Å². The molecule has 0 heterocycles. The van der Waals surface area contributed by atoms with Gasteiger partial charge in [-0.25, -0.2) is 0 Å². The molecule has 8 heteroatoms. The summed E-state index contributed by atoms with van der Waals surface area (Å²) in [4.78, 5) is 38.7. The van der Waals surface area contributed by atoms with Gasteiger partial charge in [-0.05, 0) is 74.0 Å². The molecule has 4 aliphatic rings. The zero-order valence-electron chi connectivity index (χ0n) is 17.7. The zero-order valence-corrected chi connectivity index (χ0v) is 19.2. The zero-order chi connectivity index (χ0) is 22.2. The fraction of sp³-hybridized carbons (Fsp3) is 0.609. The molecule has 4 aliphatic carbocycles. The maximum absolute atomic E-state index is 12.9. The number of rotatable bonds is 7. The Morgan fingerprint density at radius 2 is 1.68 bits per heavy atom. The summed E-state index contributed by atoms with van der Waals surface area (Å²) in [5.74, 6) is 1.01. The summed E-state index contributed by atoms with van der Waals surface area (Å²) >= 11 is 11.9. The lowest BCUT2D eigenvalue weighted by Crippen LogP contribution is -2.54. The maximum Gasteiger partial charge on any atom is 0.325 e. The van der Waals surface area contributed by atoms with E-state index in [1.165, 1.54) is 24.2 Å². The highest BCUT2D eigenvalue weighted by atomic mass is 35.5. The average molecular weight is 467 g/mol. The van der Waals surface area contributed by atoms with Crippen LogP contribution in [0.1, 0.15) is 44.1 Å². The van der Waals surface area contributed by atoms with Crippen LogP contribution in [0.15, 0.2) is 18.2 Å². The molecule has 0 spiro atoms. The topological polar surface area (TPSA) is 75.7 Å². The first-order chi connectivity index (χ1) is 14.7. The summed E-state index contributed by atoms with van der Waals surface area (Å²) in [6, 6.07) is 5.15. The SMILES string of the molecule is CN(Cc1ccc(Cl)c(Cl)c1)C(=O)COC(=O)CNC(=O)C12CC3CC(CC(C3)C1)C2. The van der Waals surface area contributed by atoms with Crippen LogP contribution in [-0.4, -0.2) is 42.9 Å². The van der Waals surface area contributed by atoms with Crippen molar-refractivity contribution in [3.05, 3.63) is 33.8 Å². The molecule has 6 nitrogen and oxygen atoms in total. The highest BCUT2D eigenvalue weighted by Crippen LogP contribution is 2.60. The molecule has 1 aromatic carbocycles. The van der Waals surface area contributed by atoms with Crippen LogP contribution >= 0.6 is 23.2 Å². The molecule has 4 fully saturated rings. The van der Waals surface area contributed by atoms with Crippen LogP contribution in [0.4, 0.5) is 0 Å². The van der Waals surface area contributed by atoms with E-state index in [9.17, 15) is 14.4 Å². The lowest BCUT2D eigenvalue weighted by molar-refractivity contribution is -0.154. The molecule has 0 aromatic heterocycles. The quantitative estimate of drug-likeness (QED) is 0.619. The molecule has 0 aliphatic heterocycles. The van der Waals surface area contributed by atoms with E-state index in [2.05, 4.69) is 5.32 Å². The van der Waals surface area contributed by atoms with Crippen LogP contribution in [0.3, 0.4) is 0 Å². The minimum atomic E-state index is -0.602. The van der Waals surface area contributed by atoms with Gasteiger partial charge in [0.2, 0.25) is 5.91 Å². The molecule has 0 saturated heterocycles. The molecular weight excluding hydrogens is 439 g/mol. The highest BCUT2D eigenvalue weighted by Gasteiger charge is 2.54. The van der Waals surface area contributed by atoms with Gasteiger partial charge in [-0.3, -0.25) is 14.4 Å². The van der Waals surface area contributed by atoms with Gasteiger partial charge in [-0.2, -0.15) is 0 Å². The molecule has 1 aromatic rings. The van der Waals surface area contributed by atoms with Crippen LogP contribution < -0.4 is 5.32 Å². The molecule has 1 N–H and O–H groups in total. The fourth-order valence-corrected chi connectivity index (χ4v) is 6.35. The summed E-state index contributed by atoms with van der Waals surface area (Å²) in [7, 11) is 1.62. The number of halogens is 2. The number of benzene rings is 1. The Kier molecular flexibility index (Phi) is 6.50. The number of nitrogens with one attached hydrogen (secondary N) is 1. The van der Waals surface area contributed by atoms with Gasteiger partial charge in [0.15, 0.2) is 6.61 Å². The summed E-state index contributed by atoms with van der Waals surface area (Å²) < 4.78 is 5.08. The summed E-state index contributed by atoms with van der Waals surface area (Å²) in [5, 5.41) is 3.64. The Hall–Kier alpha value is -1.79. The Balaban J connectivity index is 1.20. The predicted molar refractivity (Wildman–Crippen MR) is 118 cm³/mol. The predicted octanol–water partition coefficient (Wildman–Crippen LogP) is 3.83. The van der Waals surface area contributed by atoms with Crippen molar-refractivity contribution >= 4 is 41.0 Å². The van der Waals surface area contributed by atoms with E-state index < -0.39 is 5.97 Å². The van der Waals surface area contributed by atoms with E-state index in [0.717, 1.165) is 24.8 Å². The second-order valence-corrected chi connectivity index (χ2v) is 10.4. The van der Waals surface area contributed by atoms with Gasteiger partial charge in [0.25, 0.3) is 5.91 Å². The number of hydrogen-bond acceptors (Lipinski definition) is 4. The summed E-state index contributed by atoms with van der Waals surface area (Å²) in [6.45, 7) is -0.260. The molecule has 168 valence electrons. The highest BCUT2D eigenvalue weighted by molar-refractivity contribution is 6.42. The van der Waals surface area contributed by atoms with Crippen LogP contribution in [0.25, 0.3) is 0 Å². The van der Waals surface area contributed by atoms with E-state index in [-0.39, 0.29) is 30.4 Å². The smallest absolute Gasteiger partial charge is 0.325 e. The fourth-order valence-electron chi connectivity index (χ4n) is 6.03. The van der Waals surface area contributed by atoms with Gasteiger partial charge in [-0.1, -0.05) is 29.3 Å². The van der Waals surface area contributed by atoms with Gasteiger partial charge in [0, 0.05) is 19.0 Å². The lowest BCUT2D eigenvalue weighted by atomic mass is 9.49. The molecule has 4 bridgehead atoms. The Labute approximate surface area is 192 Å². The third kappa shape index (κ3) is 5.01. The van der Waals surface area contributed by atoms with Gasteiger partial charge in [0.05, 0.1) is 10.0 Å². The van der Waals surface area contributed by atoms with Crippen LogP contribution in [0.5, 0.6) is 0 Å². The van der Waals surface area contributed by atoms with Crippen LogP contribution in [0, 0.1) is 23.2 Å². The number of hydrogen-bond donors (Lipinski definition) is 1. The first-order valence-electron chi connectivity index (χ1n) is 10.9. The van der Waals surface area contributed by atoms with Crippen molar-refractivity contribution in [2.75, 3.05) is 20.2 Å². The number of ether oxygens (including phenoxy) is 1. The van der Waals surface area contributed by atoms with E-state index in [4.69, 9.17) is 27.9 Å². The van der Waals surface area contributed by atoms with Gasteiger partial charge >= 0.3 is 5.97 Å². The molecule has 4 saturated carbocycles. The van der Waals surface area contributed by atoms with E-state index >= 15 is 0 Å². The van der Waals surface area contributed by atoms with Gasteiger partial charge in [-0.15, -0.1) is 0 Å². The Morgan fingerprint density at radius 1 is 1.06 bits per heavy atom. The third-order valence-corrected chi connectivity index (χ3v) is 7.84. The Bertz CT molecular complexity index is 853. The largest absolute Gasteiger partial charge is 0.454 e. The number of amides is 2. The minimum absolute atomic E-state index is 0.0217. The van der Waals surface area contributed by atoms with E-state index in [1.54, 1.807) is 25.2 Å². The second-order valence-electron chi connectivity index (χ2n) is 9.54. The van der Waals surface area contributed by atoms with Crippen molar-refractivity contribution in [3.8, 4) is 0 Å². The minimum Gasteiger partial charge on any atom is -0.454 e. The monoisotopic (exact) mass is 466 g/mol. The van der Waals surface area contributed by atoms with Crippen LogP contribution in [-0.2, 0) is 25.7 Å². The second kappa shape index (κ2) is 8.99. The van der Waals surface area contributed by atoms with Crippen molar-refractivity contribution < 1.29 is 19.1 Å². The average Bonchev–Trinajstić information content (AvgIpc) is 2.71. The molecule has 0 atom stereocenters. The summed E-state index contributed by atoms with van der Waals surface area (Å²) in [6.07, 6.45) is 6.60. The molecule has 0 unspecified atom stereocenters. The van der Waals surface area contributed by atoms with Gasteiger partial charge in [0.1, 0.15) is 6.54 Å².